The molecule has 3 aromatic rings. The molecule has 134 valence electrons. The van der Waals surface area contributed by atoms with Crippen molar-refractivity contribution in [3.8, 4) is 11.4 Å². The second-order valence-corrected chi connectivity index (χ2v) is 6.32. The number of aromatic nitrogens is 3. The van der Waals surface area contributed by atoms with E-state index in [9.17, 15) is 4.79 Å². The molecule has 0 radical (unpaired) electrons. The van der Waals surface area contributed by atoms with Crippen molar-refractivity contribution in [1.82, 2.24) is 20.3 Å². The van der Waals surface area contributed by atoms with E-state index in [2.05, 4.69) is 15.6 Å². The van der Waals surface area contributed by atoms with E-state index in [0.717, 1.165) is 17.0 Å². The first kappa shape index (κ1) is 17.9. The summed E-state index contributed by atoms with van der Waals surface area (Å²) in [6.07, 6.45) is 0. The fourth-order valence-corrected chi connectivity index (χ4v) is 2.73. The normalized spacial score (nSPS) is 11.8. The van der Waals surface area contributed by atoms with Crippen molar-refractivity contribution in [1.29, 1.82) is 0 Å². The van der Waals surface area contributed by atoms with Crippen LogP contribution >= 0.6 is 11.6 Å². The standard InChI is InChI=1S/C19H19ClN4O2/c1-12(14-4-10-17(26-3)11-5-14)21-19(25)18-13(2)24(23-22-18)16-8-6-15(20)7-9-16/h4-12H,1-3H3,(H,21,25)/t12-/m0/s1. The third kappa shape index (κ3) is 3.70. The van der Waals surface area contributed by atoms with Gasteiger partial charge < -0.3 is 10.1 Å². The van der Waals surface area contributed by atoms with E-state index in [0.29, 0.717) is 16.4 Å². The molecule has 1 N–H and O–H groups in total. The second-order valence-electron chi connectivity index (χ2n) is 5.88. The van der Waals surface area contributed by atoms with Crippen LogP contribution < -0.4 is 10.1 Å². The zero-order chi connectivity index (χ0) is 18.7. The van der Waals surface area contributed by atoms with E-state index in [-0.39, 0.29) is 11.9 Å². The summed E-state index contributed by atoms with van der Waals surface area (Å²) < 4.78 is 6.76. The minimum atomic E-state index is -0.272. The number of amides is 1. The van der Waals surface area contributed by atoms with Gasteiger partial charge in [-0.25, -0.2) is 4.68 Å². The molecule has 0 unspecified atom stereocenters. The number of halogens is 1. The Morgan fingerprint density at radius 3 is 2.42 bits per heavy atom. The third-order valence-electron chi connectivity index (χ3n) is 4.14. The lowest BCUT2D eigenvalue weighted by Crippen LogP contribution is -2.27. The van der Waals surface area contributed by atoms with Gasteiger partial charge in [0, 0.05) is 5.02 Å². The average molecular weight is 371 g/mol. The number of ether oxygens (including phenoxy) is 1. The summed E-state index contributed by atoms with van der Waals surface area (Å²) in [6, 6.07) is 14.6. The number of nitrogens with one attached hydrogen (secondary N) is 1. The van der Waals surface area contributed by atoms with Gasteiger partial charge in [0.2, 0.25) is 0 Å². The number of rotatable bonds is 5. The minimum Gasteiger partial charge on any atom is -0.497 e. The maximum Gasteiger partial charge on any atom is 0.274 e. The molecular formula is C19H19ClN4O2. The Bertz CT molecular complexity index is 904. The summed E-state index contributed by atoms with van der Waals surface area (Å²) in [6.45, 7) is 3.72. The third-order valence-corrected chi connectivity index (χ3v) is 4.40. The lowest BCUT2D eigenvalue weighted by molar-refractivity contribution is 0.0934. The summed E-state index contributed by atoms with van der Waals surface area (Å²) in [7, 11) is 1.62. The van der Waals surface area contributed by atoms with Crippen LogP contribution in [0.25, 0.3) is 5.69 Å². The molecule has 3 rings (SSSR count). The van der Waals surface area contributed by atoms with E-state index in [1.54, 1.807) is 23.9 Å². The van der Waals surface area contributed by atoms with Crippen LogP contribution in [0.4, 0.5) is 0 Å². The monoisotopic (exact) mass is 370 g/mol. The Morgan fingerprint density at radius 2 is 1.81 bits per heavy atom. The smallest absolute Gasteiger partial charge is 0.274 e. The SMILES string of the molecule is COc1ccc([C@H](C)NC(=O)c2nnn(-c3ccc(Cl)cc3)c2C)cc1. The number of carbonyl (C=O) groups is 1. The first-order chi connectivity index (χ1) is 12.5. The molecule has 26 heavy (non-hydrogen) atoms. The molecule has 1 heterocycles. The zero-order valence-electron chi connectivity index (χ0n) is 14.7. The molecule has 0 saturated heterocycles. The molecule has 0 aliphatic rings. The lowest BCUT2D eigenvalue weighted by atomic mass is 10.1. The summed E-state index contributed by atoms with van der Waals surface area (Å²) in [5, 5.41) is 11.7. The molecular weight excluding hydrogens is 352 g/mol. The quantitative estimate of drug-likeness (QED) is 0.743. The Balaban J connectivity index is 1.76. The van der Waals surface area contributed by atoms with Gasteiger partial charge in [-0.3, -0.25) is 4.79 Å². The fourth-order valence-electron chi connectivity index (χ4n) is 2.61. The van der Waals surface area contributed by atoms with Gasteiger partial charge >= 0.3 is 0 Å². The number of benzene rings is 2. The fraction of sp³-hybridized carbons (Fsp3) is 0.211. The van der Waals surface area contributed by atoms with Crippen molar-refractivity contribution in [2.24, 2.45) is 0 Å². The highest BCUT2D eigenvalue weighted by Gasteiger charge is 2.19. The van der Waals surface area contributed by atoms with Gasteiger partial charge in [0.05, 0.1) is 24.5 Å². The summed E-state index contributed by atoms with van der Waals surface area (Å²) in [5.74, 6) is 0.500. The molecule has 7 heteroatoms. The molecule has 1 aromatic heterocycles. The molecule has 0 spiro atoms. The molecule has 0 saturated carbocycles. The highest BCUT2D eigenvalue weighted by molar-refractivity contribution is 6.30. The highest BCUT2D eigenvalue weighted by atomic mass is 35.5. The predicted molar refractivity (Wildman–Crippen MR) is 100.0 cm³/mol. The molecule has 6 nitrogen and oxygen atoms in total. The number of methoxy groups -OCH3 is 1. The van der Waals surface area contributed by atoms with Gasteiger partial charge in [0.15, 0.2) is 5.69 Å². The van der Waals surface area contributed by atoms with E-state index in [1.165, 1.54) is 0 Å². The Labute approximate surface area is 156 Å². The summed E-state index contributed by atoms with van der Waals surface area (Å²) >= 11 is 5.91. The van der Waals surface area contributed by atoms with Crippen LogP contribution in [-0.2, 0) is 0 Å². The van der Waals surface area contributed by atoms with E-state index in [1.807, 2.05) is 50.2 Å². The Kier molecular flexibility index (Phi) is 5.23. The van der Waals surface area contributed by atoms with Crippen LogP contribution in [0.15, 0.2) is 48.5 Å². The minimum absolute atomic E-state index is 0.173. The molecule has 0 aliphatic heterocycles. The number of carbonyl (C=O) groups excluding carboxylic acids is 1. The van der Waals surface area contributed by atoms with E-state index < -0.39 is 0 Å². The molecule has 2 aromatic carbocycles. The van der Waals surface area contributed by atoms with Crippen LogP contribution in [0.5, 0.6) is 5.75 Å². The van der Waals surface area contributed by atoms with Crippen molar-refractivity contribution in [3.63, 3.8) is 0 Å². The van der Waals surface area contributed by atoms with Gasteiger partial charge in [-0.05, 0) is 55.8 Å². The van der Waals surface area contributed by atoms with Crippen molar-refractivity contribution in [2.75, 3.05) is 7.11 Å². The molecule has 0 fully saturated rings. The maximum atomic E-state index is 12.6. The average Bonchev–Trinajstić information content (AvgIpc) is 3.04. The van der Waals surface area contributed by atoms with E-state index in [4.69, 9.17) is 16.3 Å². The van der Waals surface area contributed by atoms with Crippen LogP contribution in [-0.4, -0.2) is 28.0 Å². The Hall–Kier alpha value is -2.86. The first-order valence-corrected chi connectivity index (χ1v) is 8.50. The van der Waals surface area contributed by atoms with Crippen molar-refractivity contribution in [3.05, 3.63) is 70.5 Å². The largest absolute Gasteiger partial charge is 0.497 e. The lowest BCUT2D eigenvalue weighted by Gasteiger charge is -2.14. The Morgan fingerprint density at radius 1 is 1.15 bits per heavy atom. The zero-order valence-corrected chi connectivity index (χ0v) is 15.5. The number of hydrogen-bond acceptors (Lipinski definition) is 4. The maximum absolute atomic E-state index is 12.6. The van der Waals surface area contributed by atoms with Crippen molar-refractivity contribution < 1.29 is 9.53 Å². The van der Waals surface area contributed by atoms with Gasteiger partial charge in [-0.1, -0.05) is 28.9 Å². The van der Waals surface area contributed by atoms with Crippen LogP contribution in [0.2, 0.25) is 5.02 Å². The van der Waals surface area contributed by atoms with Crippen LogP contribution in [0.3, 0.4) is 0 Å². The van der Waals surface area contributed by atoms with Crippen LogP contribution in [0, 0.1) is 6.92 Å². The predicted octanol–water partition coefficient (Wildman–Crippen LogP) is 3.73. The second kappa shape index (κ2) is 7.58. The summed E-state index contributed by atoms with van der Waals surface area (Å²) in [5.41, 5.74) is 2.72. The molecule has 1 amide bonds. The van der Waals surface area contributed by atoms with Gasteiger partial charge in [0.25, 0.3) is 5.91 Å². The topological polar surface area (TPSA) is 69.0 Å². The van der Waals surface area contributed by atoms with Gasteiger partial charge in [0.1, 0.15) is 5.75 Å². The van der Waals surface area contributed by atoms with Gasteiger partial charge in [-0.2, -0.15) is 0 Å². The van der Waals surface area contributed by atoms with Crippen molar-refractivity contribution >= 4 is 17.5 Å². The van der Waals surface area contributed by atoms with E-state index >= 15 is 0 Å². The summed E-state index contributed by atoms with van der Waals surface area (Å²) in [4.78, 5) is 12.6. The molecule has 0 bridgehead atoms. The number of nitrogens with zero attached hydrogens (tertiary/aromatic N) is 3. The van der Waals surface area contributed by atoms with Crippen LogP contribution in [0.1, 0.15) is 34.7 Å². The molecule has 1 atom stereocenters. The highest BCUT2D eigenvalue weighted by Crippen LogP contribution is 2.19. The number of hydrogen-bond donors (Lipinski definition) is 1. The van der Waals surface area contributed by atoms with Gasteiger partial charge in [-0.15, -0.1) is 5.10 Å². The first-order valence-electron chi connectivity index (χ1n) is 8.12. The van der Waals surface area contributed by atoms with Crippen molar-refractivity contribution in [2.45, 2.75) is 19.9 Å². The molecule has 0 aliphatic carbocycles.